The lowest BCUT2D eigenvalue weighted by Crippen LogP contribution is -2.30. The first-order valence-electron chi connectivity index (χ1n) is 45.8. The number of aliphatic hydroxyl groups is 2. The first-order chi connectivity index (χ1) is 56.2. The summed E-state index contributed by atoms with van der Waals surface area (Å²) < 4.78 is 61.4. The molecule has 5 atom stereocenters. The number of aliphatic hydroxyl groups excluding tert-OH is 2. The van der Waals surface area contributed by atoms with Gasteiger partial charge >= 0.3 is 33.6 Å². The van der Waals surface area contributed by atoms with Gasteiger partial charge in [-0.25, -0.2) is 9.13 Å². The molecule has 0 aliphatic rings. The van der Waals surface area contributed by atoms with Gasteiger partial charge in [0.2, 0.25) is 0 Å². The van der Waals surface area contributed by atoms with E-state index in [1.165, 1.54) is 167 Å². The van der Waals surface area contributed by atoms with Gasteiger partial charge < -0.3 is 34.2 Å². The summed E-state index contributed by atoms with van der Waals surface area (Å²) in [6, 6.07) is 0. The van der Waals surface area contributed by atoms with E-state index in [0.29, 0.717) is 19.3 Å². The Kier molecular flexibility index (Phi) is 84.7. The molecule has 0 aromatic heterocycles. The number of phosphoric acid groups is 2. The molecule has 0 saturated heterocycles. The van der Waals surface area contributed by atoms with Gasteiger partial charge in [0.15, 0.2) is 6.10 Å². The zero-order valence-electron chi connectivity index (χ0n) is 72.7. The molecule has 0 aliphatic carbocycles. The lowest BCUT2D eigenvalue weighted by molar-refractivity contribution is -0.161. The average Bonchev–Trinajstić information content (AvgIpc) is 0.926. The van der Waals surface area contributed by atoms with Crippen LogP contribution in [0.5, 0.6) is 0 Å². The Morgan fingerprint density at radius 2 is 0.461 bits per heavy atom. The molecule has 5 unspecified atom stereocenters. The van der Waals surface area contributed by atoms with Gasteiger partial charge in [0.25, 0.3) is 0 Å². The van der Waals surface area contributed by atoms with Gasteiger partial charge in [-0.1, -0.05) is 371 Å². The van der Waals surface area contributed by atoms with Crippen molar-refractivity contribution < 1.29 is 75.8 Å². The molecule has 660 valence electrons. The van der Waals surface area contributed by atoms with Gasteiger partial charge in [-0.3, -0.25) is 32.5 Å². The van der Waals surface area contributed by atoms with Gasteiger partial charge in [-0.15, -0.1) is 0 Å². The highest BCUT2D eigenvalue weighted by atomic mass is 31.2. The number of esters is 3. The Morgan fingerprint density at radius 1 is 0.252 bits per heavy atom. The number of ether oxygens (including phenoxy) is 3. The third-order valence-corrected chi connectivity index (χ3v) is 21.1. The van der Waals surface area contributed by atoms with Crippen molar-refractivity contribution in [1.29, 1.82) is 0 Å². The number of hydrogen-bond acceptors (Lipinski definition) is 14. The minimum Gasteiger partial charge on any atom is -0.463 e. The number of rotatable bonds is 86. The van der Waals surface area contributed by atoms with Gasteiger partial charge in [-0.05, 0) is 148 Å². The number of carbonyl (C=O) groups is 3. The molecule has 0 amide bonds. The lowest BCUT2D eigenvalue weighted by atomic mass is 10.0. The molecule has 115 heavy (non-hydrogen) atoms. The van der Waals surface area contributed by atoms with Gasteiger partial charge in [0, 0.05) is 19.3 Å². The molecule has 0 bridgehead atoms. The van der Waals surface area contributed by atoms with E-state index >= 15 is 0 Å². The average molecular weight is 1650 g/mol. The molecule has 0 saturated carbocycles. The molecule has 0 aromatic rings. The molecule has 0 spiro atoms. The topological polar surface area (TPSA) is 231 Å². The second kappa shape index (κ2) is 88.5. The Balaban J connectivity index is 4.48. The molecule has 18 heteroatoms. The van der Waals surface area contributed by atoms with Crippen molar-refractivity contribution in [2.45, 2.75) is 399 Å². The predicted octanol–water partition coefficient (Wildman–Crippen LogP) is 28.1. The summed E-state index contributed by atoms with van der Waals surface area (Å²) in [5.74, 6) is -1.60. The van der Waals surface area contributed by atoms with Crippen LogP contribution in [0.2, 0.25) is 0 Å². The minimum absolute atomic E-state index is 0.0730. The van der Waals surface area contributed by atoms with E-state index in [9.17, 15) is 43.5 Å². The van der Waals surface area contributed by atoms with Crippen molar-refractivity contribution in [2.75, 3.05) is 39.6 Å². The van der Waals surface area contributed by atoms with Crippen LogP contribution in [0, 0.1) is 0 Å². The second-order valence-electron chi connectivity index (χ2n) is 30.3. The highest BCUT2D eigenvalue weighted by Crippen LogP contribution is 2.45. The van der Waals surface area contributed by atoms with Crippen molar-refractivity contribution in [2.24, 2.45) is 0 Å². The van der Waals surface area contributed by atoms with E-state index < -0.39 is 91.5 Å². The first-order valence-corrected chi connectivity index (χ1v) is 48.8. The van der Waals surface area contributed by atoms with E-state index in [4.69, 9.17) is 32.3 Å². The molecule has 0 radical (unpaired) electrons. The molecular formula is C97H166O16P2. The lowest BCUT2D eigenvalue weighted by Gasteiger charge is -2.21. The Hall–Kier alpha value is -4.83. The summed E-state index contributed by atoms with van der Waals surface area (Å²) in [7, 11) is -9.81. The van der Waals surface area contributed by atoms with Crippen molar-refractivity contribution in [1.82, 2.24) is 0 Å². The number of phosphoric ester groups is 2. The van der Waals surface area contributed by atoms with Gasteiger partial charge in [-0.2, -0.15) is 0 Å². The van der Waals surface area contributed by atoms with E-state index in [1.54, 1.807) is 0 Å². The molecule has 0 fully saturated rings. The van der Waals surface area contributed by atoms with Crippen LogP contribution in [0.3, 0.4) is 0 Å². The first kappa shape index (κ1) is 110. The molecule has 16 nitrogen and oxygen atoms in total. The van der Waals surface area contributed by atoms with Crippen LogP contribution in [0.1, 0.15) is 380 Å². The largest absolute Gasteiger partial charge is 0.472 e. The van der Waals surface area contributed by atoms with E-state index in [1.807, 2.05) is 0 Å². The van der Waals surface area contributed by atoms with Gasteiger partial charge in [0.05, 0.1) is 26.4 Å². The maximum Gasteiger partial charge on any atom is 0.472 e. The molecule has 0 aliphatic heterocycles. The van der Waals surface area contributed by atoms with E-state index in [2.05, 4.69) is 179 Å². The minimum atomic E-state index is -4.95. The summed E-state index contributed by atoms with van der Waals surface area (Å²) in [4.78, 5) is 58.9. The molecular weight excluding hydrogens is 1480 g/mol. The molecule has 0 heterocycles. The van der Waals surface area contributed by atoms with Gasteiger partial charge in [0.1, 0.15) is 25.4 Å². The Labute approximate surface area is 701 Å². The fourth-order valence-corrected chi connectivity index (χ4v) is 13.9. The molecule has 0 rings (SSSR count). The summed E-state index contributed by atoms with van der Waals surface area (Å²) in [5.41, 5.74) is 0. The monoisotopic (exact) mass is 1650 g/mol. The van der Waals surface area contributed by atoms with Crippen molar-refractivity contribution >= 4 is 33.6 Å². The molecule has 4 N–H and O–H groups in total. The van der Waals surface area contributed by atoms with Crippen molar-refractivity contribution in [3.05, 3.63) is 158 Å². The Morgan fingerprint density at radius 3 is 0.730 bits per heavy atom. The maximum atomic E-state index is 13.0. The zero-order chi connectivity index (χ0) is 83.6. The Bertz CT molecular complexity index is 2720. The standard InChI is InChI=1S/C97H166O16P2/c1-4-7-10-13-16-19-22-25-28-31-33-35-37-39-41-42-43-44-45-46-47-48-50-52-53-55-57-60-62-65-68-71-74-77-80-83-95(100)107-86-92(98)87-109-114(103,104)110-88-93(99)89-111-115(105,106)112-91-94(113-97(102)85-82-79-76-73-70-67-64-59-30-27-24-21-18-15-12-9-6-3)90-108-96(101)84-81-78-75-72-69-66-63-61-58-56-54-51-49-40-38-36-34-32-29-26-23-20-17-14-11-8-5-2/h7,9-10,12,16-21,25-30,33-36,39-41,49,64,67,92-94,98-99H,4-6,8,11,13-15,22-24,31-32,37-38,42-48,50-63,65-66,68-91H2,1-3H3,(H,103,104)(H,105,106)/b10-7-,12-9-,19-16-,20-17-,21-18-,28-25-,29-26-,30-27-,35-33-,36-34-,41-39-,49-40-,67-64-. The van der Waals surface area contributed by atoms with Crippen LogP contribution in [0.4, 0.5) is 0 Å². The predicted molar refractivity (Wildman–Crippen MR) is 482 cm³/mol. The highest BCUT2D eigenvalue weighted by Gasteiger charge is 2.29. The summed E-state index contributed by atoms with van der Waals surface area (Å²) in [6.07, 6.45) is 113. The van der Waals surface area contributed by atoms with Crippen LogP contribution in [0.25, 0.3) is 0 Å². The summed E-state index contributed by atoms with van der Waals surface area (Å²) in [6.45, 7) is 2.44. The number of unbranched alkanes of at least 4 members (excludes halogenated alkanes) is 37. The normalized spacial score (nSPS) is 14.5. The number of allylic oxidation sites excluding steroid dienone is 26. The molecule has 0 aromatic carbocycles. The highest BCUT2D eigenvalue weighted by molar-refractivity contribution is 7.47. The van der Waals surface area contributed by atoms with Crippen LogP contribution in [-0.4, -0.2) is 95.9 Å². The fraction of sp³-hybridized carbons (Fsp3) is 0.701. The smallest absolute Gasteiger partial charge is 0.463 e. The second-order valence-corrected chi connectivity index (χ2v) is 33.2. The van der Waals surface area contributed by atoms with Crippen LogP contribution in [0.15, 0.2) is 158 Å². The quantitative estimate of drug-likeness (QED) is 0.0146. The number of hydrogen-bond donors (Lipinski definition) is 4. The van der Waals surface area contributed by atoms with Crippen molar-refractivity contribution in [3.8, 4) is 0 Å². The third-order valence-electron chi connectivity index (χ3n) is 19.2. The van der Waals surface area contributed by atoms with Crippen LogP contribution in [-0.2, 0) is 55.8 Å². The maximum absolute atomic E-state index is 13.0. The summed E-state index contributed by atoms with van der Waals surface area (Å²) >= 11 is 0. The summed E-state index contributed by atoms with van der Waals surface area (Å²) in [5, 5.41) is 20.7. The van der Waals surface area contributed by atoms with Crippen LogP contribution >= 0.6 is 15.6 Å². The van der Waals surface area contributed by atoms with E-state index in [0.717, 1.165) is 154 Å². The zero-order valence-corrected chi connectivity index (χ0v) is 74.5. The number of carbonyl (C=O) groups excluding carboxylic acids is 3. The third kappa shape index (κ3) is 89.8. The van der Waals surface area contributed by atoms with E-state index in [-0.39, 0.29) is 19.3 Å². The SMILES string of the molecule is CC/C=C\C/C=C\C/C=C\C/C=C\C/C=C\CCCCCCCCCCCCCCCCCCCCCC(=O)OCC(O)COP(=O)(O)OCC(O)COP(=O)(O)OCC(COC(=O)CCCCCCCCCCCCC/C=C\C/C=C\C/C=C\C/C=C\CCCCC)OC(=O)CCCCCC/C=C\C/C=C\C/C=C\C/C=C\CC. The van der Waals surface area contributed by atoms with Crippen molar-refractivity contribution in [3.63, 3.8) is 0 Å². The van der Waals surface area contributed by atoms with Crippen LogP contribution < -0.4 is 0 Å². The fourth-order valence-electron chi connectivity index (χ4n) is 12.3.